The van der Waals surface area contributed by atoms with Gasteiger partial charge in [0.2, 0.25) is 6.79 Å². The van der Waals surface area contributed by atoms with Crippen LogP contribution in [0, 0.1) is 0 Å². The van der Waals surface area contributed by atoms with Crippen LogP contribution < -0.4 is 4.74 Å². The van der Waals surface area contributed by atoms with Crippen LogP contribution in [0.5, 0.6) is 5.75 Å². The van der Waals surface area contributed by atoms with Crippen molar-refractivity contribution in [1.29, 1.82) is 0 Å². The second-order valence-electron chi connectivity index (χ2n) is 5.03. The van der Waals surface area contributed by atoms with E-state index >= 15 is 0 Å². The van der Waals surface area contributed by atoms with E-state index in [-0.39, 0.29) is 6.79 Å². The first-order chi connectivity index (χ1) is 11.4. The minimum absolute atomic E-state index is 0.197. The van der Waals surface area contributed by atoms with Gasteiger partial charge in [-0.05, 0) is 34.9 Å². The van der Waals surface area contributed by atoms with Gasteiger partial charge >= 0.3 is 0 Å². The van der Waals surface area contributed by atoms with E-state index in [0.717, 1.165) is 11.3 Å². The molecular formula is C21H18O2. The van der Waals surface area contributed by atoms with Gasteiger partial charge in [0.25, 0.3) is 0 Å². The molecule has 0 heterocycles. The summed E-state index contributed by atoms with van der Waals surface area (Å²) in [4.78, 5) is 0. The number of rotatable bonds is 6. The van der Waals surface area contributed by atoms with E-state index in [1.54, 1.807) is 6.26 Å². The molecule has 114 valence electrons. The molecule has 0 aliphatic heterocycles. The maximum absolute atomic E-state index is 5.45. The largest absolute Gasteiger partial charge is 0.465 e. The predicted octanol–water partition coefficient (Wildman–Crippen LogP) is 5.38. The lowest BCUT2D eigenvalue weighted by Gasteiger charge is -2.05. The SMILES string of the molecule is C(=C\c1ccc(-c2ccccc2)cc1)/OCOc1ccccc1. The summed E-state index contributed by atoms with van der Waals surface area (Å²) in [6.45, 7) is 0.197. The number of ether oxygens (including phenoxy) is 2. The maximum atomic E-state index is 5.45. The van der Waals surface area contributed by atoms with Gasteiger partial charge in [-0.2, -0.15) is 0 Å². The highest BCUT2D eigenvalue weighted by Crippen LogP contribution is 2.19. The van der Waals surface area contributed by atoms with Gasteiger partial charge in [-0.25, -0.2) is 0 Å². The molecule has 2 nitrogen and oxygen atoms in total. The van der Waals surface area contributed by atoms with Gasteiger partial charge in [0, 0.05) is 0 Å². The van der Waals surface area contributed by atoms with E-state index in [9.17, 15) is 0 Å². The van der Waals surface area contributed by atoms with E-state index < -0.39 is 0 Å². The highest BCUT2D eigenvalue weighted by molar-refractivity contribution is 5.65. The highest BCUT2D eigenvalue weighted by atomic mass is 16.7. The monoisotopic (exact) mass is 302 g/mol. The summed E-state index contributed by atoms with van der Waals surface area (Å²) in [5.74, 6) is 0.799. The highest BCUT2D eigenvalue weighted by Gasteiger charge is 1.95. The average Bonchev–Trinajstić information content (AvgIpc) is 2.64. The molecule has 0 fully saturated rings. The molecule has 0 spiro atoms. The van der Waals surface area contributed by atoms with Gasteiger partial charge in [0.15, 0.2) is 0 Å². The van der Waals surface area contributed by atoms with Crippen molar-refractivity contribution in [1.82, 2.24) is 0 Å². The smallest absolute Gasteiger partial charge is 0.229 e. The van der Waals surface area contributed by atoms with Crippen molar-refractivity contribution in [3.05, 3.63) is 96.8 Å². The molecule has 0 saturated heterocycles. The quantitative estimate of drug-likeness (QED) is 0.346. The van der Waals surface area contributed by atoms with Crippen LogP contribution in [0.1, 0.15) is 5.56 Å². The van der Waals surface area contributed by atoms with Crippen LogP contribution in [0.15, 0.2) is 91.2 Å². The first-order valence-corrected chi connectivity index (χ1v) is 7.53. The van der Waals surface area contributed by atoms with E-state index in [0.29, 0.717) is 0 Å². The summed E-state index contributed by atoms with van der Waals surface area (Å²) >= 11 is 0. The molecule has 3 aromatic rings. The summed E-state index contributed by atoms with van der Waals surface area (Å²) in [6, 6.07) is 28.3. The van der Waals surface area contributed by atoms with E-state index in [1.807, 2.05) is 54.6 Å². The van der Waals surface area contributed by atoms with Gasteiger partial charge in [-0.1, -0.05) is 72.8 Å². The number of para-hydroxylation sites is 1. The first-order valence-electron chi connectivity index (χ1n) is 7.53. The fraction of sp³-hybridized carbons (Fsp3) is 0.0476. The van der Waals surface area contributed by atoms with Gasteiger partial charge in [0.1, 0.15) is 5.75 Å². The Morgan fingerprint density at radius 2 is 1.26 bits per heavy atom. The second-order valence-corrected chi connectivity index (χ2v) is 5.03. The van der Waals surface area contributed by atoms with Crippen LogP contribution in [0.2, 0.25) is 0 Å². The van der Waals surface area contributed by atoms with Crippen LogP contribution >= 0.6 is 0 Å². The third-order valence-corrected chi connectivity index (χ3v) is 3.41. The third-order valence-electron chi connectivity index (χ3n) is 3.41. The molecule has 0 atom stereocenters. The Morgan fingerprint density at radius 1 is 0.652 bits per heavy atom. The summed E-state index contributed by atoms with van der Waals surface area (Å²) in [6.07, 6.45) is 3.57. The van der Waals surface area contributed by atoms with Crippen LogP contribution in [0.25, 0.3) is 17.2 Å². The van der Waals surface area contributed by atoms with Crippen LogP contribution in [0.3, 0.4) is 0 Å². The molecule has 0 radical (unpaired) electrons. The van der Waals surface area contributed by atoms with E-state index in [2.05, 4.69) is 36.4 Å². The Hall–Kier alpha value is -3.00. The summed E-state index contributed by atoms with van der Waals surface area (Å²) in [5, 5.41) is 0. The minimum Gasteiger partial charge on any atom is -0.465 e. The molecule has 3 aromatic carbocycles. The Kier molecular flexibility index (Phi) is 5.09. The number of benzene rings is 3. The molecule has 0 aromatic heterocycles. The summed E-state index contributed by atoms with van der Waals surface area (Å²) in [5.41, 5.74) is 3.51. The standard InChI is InChI=1S/C21H18O2/c1-3-7-19(8-4-1)20-13-11-18(12-14-20)15-16-22-17-23-21-9-5-2-6-10-21/h1-16H,17H2/b16-15+. The van der Waals surface area contributed by atoms with Crippen LogP contribution in [-0.2, 0) is 4.74 Å². The molecular weight excluding hydrogens is 284 g/mol. The molecule has 0 aliphatic rings. The fourth-order valence-electron chi connectivity index (χ4n) is 2.20. The lowest BCUT2D eigenvalue weighted by Crippen LogP contribution is -1.97. The molecule has 0 aliphatic carbocycles. The van der Waals surface area contributed by atoms with Crippen molar-refractivity contribution in [2.75, 3.05) is 6.79 Å². The van der Waals surface area contributed by atoms with Crippen molar-refractivity contribution >= 4 is 6.08 Å². The lowest BCUT2D eigenvalue weighted by molar-refractivity contribution is 0.0813. The Balaban J connectivity index is 1.50. The molecule has 0 N–H and O–H groups in total. The van der Waals surface area contributed by atoms with Crippen molar-refractivity contribution < 1.29 is 9.47 Å². The van der Waals surface area contributed by atoms with Crippen LogP contribution in [0.4, 0.5) is 0 Å². The van der Waals surface area contributed by atoms with Crippen molar-refractivity contribution in [3.8, 4) is 16.9 Å². The zero-order chi connectivity index (χ0) is 15.7. The first kappa shape index (κ1) is 14.9. The van der Waals surface area contributed by atoms with Crippen molar-refractivity contribution in [2.24, 2.45) is 0 Å². The Labute approximate surface area is 136 Å². The molecule has 0 amide bonds. The molecule has 23 heavy (non-hydrogen) atoms. The van der Waals surface area contributed by atoms with Crippen LogP contribution in [-0.4, -0.2) is 6.79 Å². The number of hydrogen-bond acceptors (Lipinski definition) is 2. The number of hydrogen-bond donors (Lipinski definition) is 0. The fourth-order valence-corrected chi connectivity index (χ4v) is 2.20. The normalized spacial score (nSPS) is 10.6. The Morgan fingerprint density at radius 3 is 1.96 bits per heavy atom. The van der Waals surface area contributed by atoms with Gasteiger partial charge in [-0.15, -0.1) is 0 Å². The second kappa shape index (κ2) is 7.85. The topological polar surface area (TPSA) is 18.5 Å². The van der Waals surface area contributed by atoms with Gasteiger partial charge in [-0.3, -0.25) is 0 Å². The molecule has 2 heteroatoms. The Bertz CT molecular complexity index is 732. The summed E-state index contributed by atoms with van der Waals surface area (Å²) in [7, 11) is 0. The predicted molar refractivity (Wildman–Crippen MR) is 93.9 cm³/mol. The molecule has 3 rings (SSSR count). The van der Waals surface area contributed by atoms with Gasteiger partial charge in [0.05, 0.1) is 6.26 Å². The third kappa shape index (κ3) is 4.48. The molecule has 0 bridgehead atoms. The van der Waals surface area contributed by atoms with E-state index in [4.69, 9.17) is 9.47 Å². The minimum atomic E-state index is 0.197. The van der Waals surface area contributed by atoms with Gasteiger partial charge < -0.3 is 9.47 Å². The van der Waals surface area contributed by atoms with E-state index in [1.165, 1.54) is 11.1 Å². The van der Waals surface area contributed by atoms with Crippen molar-refractivity contribution in [2.45, 2.75) is 0 Å². The van der Waals surface area contributed by atoms with Crippen molar-refractivity contribution in [3.63, 3.8) is 0 Å². The zero-order valence-corrected chi connectivity index (χ0v) is 12.8. The molecule has 0 saturated carbocycles. The molecule has 0 unspecified atom stereocenters. The lowest BCUT2D eigenvalue weighted by atomic mass is 10.0. The maximum Gasteiger partial charge on any atom is 0.229 e. The summed E-state index contributed by atoms with van der Waals surface area (Å²) < 4.78 is 10.8. The average molecular weight is 302 g/mol. The zero-order valence-electron chi connectivity index (χ0n) is 12.8.